The summed E-state index contributed by atoms with van der Waals surface area (Å²) in [5, 5.41) is 4.47. The number of hydrogen-bond donors (Lipinski definition) is 0. The van der Waals surface area contributed by atoms with E-state index in [1.807, 2.05) is 59.1 Å². The summed E-state index contributed by atoms with van der Waals surface area (Å²) in [6.45, 7) is 0.469. The molecule has 0 N–H and O–H groups in total. The Balaban J connectivity index is 1.82. The summed E-state index contributed by atoms with van der Waals surface area (Å²) in [5.74, 6) is 1.69. The molecule has 0 atom stereocenters. The molecule has 2 aromatic heterocycles. The second-order valence-electron chi connectivity index (χ2n) is 5.90. The second-order valence-corrected chi connectivity index (χ2v) is 5.90. The van der Waals surface area contributed by atoms with Gasteiger partial charge < -0.3 is 9.47 Å². The van der Waals surface area contributed by atoms with Crippen molar-refractivity contribution in [1.82, 2.24) is 14.6 Å². The molecule has 4 aromatic rings. The average molecular weight is 329 g/mol. The lowest BCUT2D eigenvalue weighted by Gasteiger charge is -2.23. The van der Waals surface area contributed by atoms with Crippen molar-refractivity contribution in [2.24, 2.45) is 0 Å². The fourth-order valence-corrected chi connectivity index (χ4v) is 3.32. The van der Waals surface area contributed by atoms with E-state index in [9.17, 15) is 0 Å². The Morgan fingerprint density at radius 3 is 2.72 bits per heavy atom. The zero-order valence-corrected chi connectivity index (χ0v) is 13.6. The molecule has 5 heteroatoms. The largest absolute Gasteiger partial charge is 0.497 e. The second kappa shape index (κ2) is 5.34. The molecule has 0 saturated carbocycles. The zero-order chi connectivity index (χ0) is 16.8. The Kier molecular flexibility index (Phi) is 3.00. The third-order valence-electron chi connectivity index (χ3n) is 4.51. The molecule has 0 fully saturated rings. The minimum atomic E-state index is 0.469. The molecular weight excluding hydrogens is 314 g/mol. The molecule has 3 heterocycles. The van der Waals surface area contributed by atoms with Crippen LogP contribution in [0.15, 0.2) is 60.8 Å². The lowest BCUT2D eigenvalue weighted by atomic mass is 9.98. The predicted octanol–water partition coefficient (Wildman–Crippen LogP) is 3.96. The van der Waals surface area contributed by atoms with Crippen LogP contribution in [0.25, 0.3) is 28.2 Å². The number of benzene rings is 2. The Morgan fingerprint density at radius 2 is 1.88 bits per heavy atom. The highest BCUT2D eigenvalue weighted by molar-refractivity contribution is 5.80. The van der Waals surface area contributed by atoms with Gasteiger partial charge in [0.05, 0.1) is 24.7 Å². The van der Waals surface area contributed by atoms with Crippen LogP contribution < -0.4 is 9.47 Å². The molecule has 2 aromatic carbocycles. The number of para-hydroxylation sites is 1. The average Bonchev–Trinajstić information content (AvgIpc) is 3.14. The van der Waals surface area contributed by atoms with Crippen LogP contribution in [0, 0.1) is 0 Å². The maximum absolute atomic E-state index is 5.98. The van der Waals surface area contributed by atoms with Crippen LogP contribution in [-0.2, 0) is 6.61 Å². The topological polar surface area (TPSA) is 48.7 Å². The summed E-state index contributed by atoms with van der Waals surface area (Å²) in [7, 11) is 1.67. The Morgan fingerprint density at radius 1 is 1.04 bits per heavy atom. The molecule has 1 aliphatic rings. The molecular formula is C20H15N3O2. The summed E-state index contributed by atoms with van der Waals surface area (Å²) in [5.41, 5.74) is 5.89. The van der Waals surface area contributed by atoms with Crippen LogP contribution in [0.4, 0.5) is 0 Å². The maximum Gasteiger partial charge on any atom is 0.156 e. The molecule has 0 aliphatic carbocycles. The first-order chi connectivity index (χ1) is 12.3. The fraction of sp³-hybridized carbons (Fsp3) is 0.100. The van der Waals surface area contributed by atoms with Crippen LogP contribution in [0.2, 0.25) is 0 Å². The van der Waals surface area contributed by atoms with Crippen molar-refractivity contribution in [2.45, 2.75) is 6.61 Å². The van der Waals surface area contributed by atoms with Crippen molar-refractivity contribution in [2.75, 3.05) is 7.11 Å². The number of nitrogens with zero attached hydrogens (tertiary/aromatic N) is 3. The molecule has 25 heavy (non-hydrogen) atoms. The third-order valence-corrected chi connectivity index (χ3v) is 4.51. The smallest absolute Gasteiger partial charge is 0.156 e. The van der Waals surface area contributed by atoms with E-state index in [4.69, 9.17) is 14.5 Å². The van der Waals surface area contributed by atoms with Gasteiger partial charge in [0.15, 0.2) is 5.65 Å². The van der Waals surface area contributed by atoms with Gasteiger partial charge in [0, 0.05) is 22.8 Å². The van der Waals surface area contributed by atoms with Crippen LogP contribution in [0.5, 0.6) is 11.5 Å². The van der Waals surface area contributed by atoms with E-state index in [1.165, 1.54) is 0 Å². The molecule has 1 aliphatic heterocycles. The third kappa shape index (κ3) is 2.09. The molecule has 122 valence electrons. The SMILES string of the molecule is COc1ccc(-c2c3c(nc4ccnn24)-c2ccccc2OC3)cc1. The molecule has 0 bridgehead atoms. The van der Waals surface area contributed by atoms with Gasteiger partial charge in [-0.3, -0.25) is 0 Å². The quantitative estimate of drug-likeness (QED) is 0.558. The molecule has 5 rings (SSSR count). The minimum Gasteiger partial charge on any atom is -0.497 e. The number of methoxy groups -OCH3 is 1. The summed E-state index contributed by atoms with van der Waals surface area (Å²) in [4.78, 5) is 4.83. The molecule has 0 radical (unpaired) electrons. The molecule has 0 amide bonds. The zero-order valence-electron chi connectivity index (χ0n) is 13.6. The van der Waals surface area contributed by atoms with Crippen molar-refractivity contribution in [1.29, 1.82) is 0 Å². The maximum atomic E-state index is 5.98. The Labute approximate surface area is 144 Å². The number of aromatic nitrogens is 3. The van der Waals surface area contributed by atoms with E-state index < -0.39 is 0 Å². The van der Waals surface area contributed by atoms with Crippen LogP contribution in [0.1, 0.15) is 5.56 Å². The standard InChI is InChI=1S/C20H15N3O2/c1-24-14-8-6-13(7-9-14)20-16-12-25-17-5-3-2-4-15(17)19(16)22-18-10-11-21-23(18)20/h2-11H,12H2,1H3. The van der Waals surface area contributed by atoms with Crippen molar-refractivity contribution in [3.05, 3.63) is 66.4 Å². The van der Waals surface area contributed by atoms with Gasteiger partial charge in [0.2, 0.25) is 0 Å². The summed E-state index contributed by atoms with van der Waals surface area (Å²) in [6, 6.07) is 17.9. The molecule has 5 nitrogen and oxygen atoms in total. The lowest BCUT2D eigenvalue weighted by Crippen LogP contribution is -2.12. The predicted molar refractivity (Wildman–Crippen MR) is 94.7 cm³/mol. The summed E-state index contributed by atoms with van der Waals surface area (Å²) >= 11 is 0. The first kappa shape index (κ1) is 14.0. The van der Waals surface area contributed by atoms with E-state index in [-0.39, 0.29) is 0 Å². The van der Waals surface area contributed by atoms with E-state index in [1.54, 1.807) is 13.3 Å². The number of hydrogen-bond acceptors (Lipinski definition) is 4. The van der Waals surface area contributed by atoms with Gasteiger partial charge in [0.25, 0.3) is 0 Å². The van der Waals surface area contributed by atoms with E-state index in [0.717, 1.165) is 45.2 Å². The monoisotopic (exact) mass is 329 g/mol. The normalized spacial score (nSPS) is 12.4. The van der Waals surface area contributed by atoms with Crippen molar-refractivity contribution >= 4 is 5.65 Å². The molecule has 0 saturated heterocycles. The van der Waals surface area contributed by atoms with Gasteiger partial charge in [-0.25, -0.2) is 9.50 Å². The first-order valence-corrected chi connectivity index (χ1v) is 8.08. The van der Waals surface area contributed by atoms with Gasteiger partial charge in [-0.1, -0.05) is 12.1 Å². The highest BCUT2D eigenvalue weighted by Crippen LogP contribution is 2.40. The van der Waals surface area contributed by atoms with Crippen molar-refractivity contribution in [3.63, 3.8) is 0 Å². The van der Waals surface area contributed by atoms with Crippen molar-refractivity contribution in [3.8, 4) is 34.0 Å². The van der Waals surface area contributed by atoms with E-state index >= 15 is 0 Å². The summed E-state index contributed by atoms with van der Waals surface area (Å²) < 4.78 is 13.1. The van der Waals surface area contributed by atoms with Crippen LogP contribution in [0.3, 0.4) is 0 Å². The van der Waals surface area contributed by atoms with Gasteiger partial charge in [-0.05, 0) is 36.4 Å². The minimum absolute atomic E-state index is 0.469. The molecule has 0 unspecified atom stereocenters. The number of fused-ring (bicyclic) bond motifs is 4. The van der Waals surface area contributed by atoms with Gasteiger partial charge in [0.1, 0.15) is 18.1 Å². The highest BCUT2D eigenvalue weighted by Gasteiger charge is 2.24. The first-order valence-electron chi connectivity index (χ1n) is 8.08. The summed E-state index contributed by atoms with van der Waals surface area (Å²) in [6.07, 6.45) is 1.77. The molecule has 0 spiro atoms. The van der Waals surface area contributed by atoms with Gasteiger partial charge in [-0.15, -0.1) is 0 Å². The number of ether oxygens (including phenoxy) is 2. The fourth-order valence-electron chi connectivity index (χ4n) is 3.32. The van der Waals surface area contributed by atoms with E-state index in [2.05, 4.69) is 5.10 Å². The Bertz CT molecular complexity index is 1080. The number of rotatable bonds is 2. The van der Waals surface area contributed by atoms with Crippen LogP contribution >= 0.6 is 0 Å². The van der Waals surface area contributed by atoms with Gasteiger partial charge >= 0.3 is 0 Å². The lowest BCUT2D eigenvalue weighted by molar-refractivity contribution is 0.301. The Hall–Kier alpha value is -3.34. The van der Waals surface area contributed by atoms with Gasteiger partial charge in [-0.2, -0.15) is 5.10 Å². The highest BCUT2D eigenvalue weighted by atomic mass is 16.5. The van der Waals surface area contributed by atoms with Crippen LogP contribution in [-0.4, -0.2) is 21.7 Å². The van der Waals surface area contributed by atoms with Crippen molar-refractivity contribution < 1.29 is 9.47 Å². The van der Waals surface area contributed by atoms with E-state index in [0.29, 0.717) is 6.61 Å².